The maximum atomic E-state index is 11.4. The third-order valence-corrected chi connectivity index (χ3v) is 2.12. The van der Waals surface area contributed by atoms with Crippen molar-refractivity contribution >= 4 is 23.1 Å². The molecule has 2 rings (SSSR count). The minimum atomic E-state index is -0.151. The zero-order valence-electron chi connectivity index (χ0n) is 9.81. The quantitative estimate of drug-likeness (QED) is 0.823. The van der Waals surface area contributed by atoms with Crippen LogP contribution in [0, 0.1) is 0 Å². The maximum absolute atomic E-state index is 11.4. The molecular formula is C13H14N2O2. The van der Waals surface area contributed by atoms with E-state index in [4.69, 9.17) is 4.42 Å². The molecule has 0 aliphatic heterocycles. The highest BCUT2D eigenvalue weighted by molar-refractivity contribution is 5.91. The molecule has 0 aliphatic carbocycles. The van der Waals surface area contributed by atoms with E-state index in [-0.39, 0.29) is 11.9 Å². The van der Waals surface area contributed by atoms with Gasteiger partial charge in [-0.3, -0.25) is 4.79 Å². The number of aromatic nitrogens is 1. The van der Waals surface area contributed by atoms with E-state index in [1.165, 1.54) is 6.08 Å². The molecule has 1 N–H and O–H groups in total. The summed E-state index contributed by atoms with van der Waals surface area (Å²) in [6.45, 7) is 3.82. The number of amides is 1. The van der Waals surface area contributed by atoms with Gasteiger partial charge in [-0.1, -0.05) is 12.1 Å². The summed E-state index contributed by atoms with van der Waals surface area (Å²) in [6.07, 6.45) is 2.99. The Kier molecular flexibility index (Phi) is 3.23. The van der Waals surface area contributed by atoms with Crippen LogP contribution in [0.2, 0.25) is 0 Å². The van der Waals surface area contributed by atoms with Crippen LogP contribution >= 0.6 is 0 Å². The molecule has 17 heavy (non-hydrogen) atoms. The predicted molar refractivity (Wildman–Crippen MR) is 66.3 cm³/mol. The molecule has 1 amide bonds. The van der Waals surface area contributed by atoms with Gasteiger partial charge >= 0.3 is 0 Å². The van der Waals surface area contributed by atoms with Crippen LogP contribution in [-0.4, -0.2) is 16.9 Å². The van der Waals surface area contributed by atoms with Crippen LogP contribution in [0.15, 0.2) is 34.8 Å². The number of benzene rings is 1. The number of hydrogen-bond acceptors (Lipinski definition) is 3. The topological polar surface area (TPSA) is 55.1 Å². The number of hydrogen-bond donors (Lipinski definition) is 1. The summed E-state index contributed by atoms with van der Waals surface area (Å²) in [4.78, 5) is 15.6. The summed E-state index contributed by atoms with van der Waals surface area (Å²) in [6, 6.07) is 7.60. The van der Waals surface area contributed by atoms with Gasteiger partial charge in [-0.25, -0.2) is 4.98 Å². The molecule has 0 bridgehead atoms. The van der Waals surface area contributed by atoms with E-state index >= 15 is 0 Å². The number of nitrogens with zero attached hydrogens (tertiary/aromatic N) is 1. The fraction of sp³-hybridized carbons (Fsp3) is 0.231. The second-order valence-electron chi connectivity index (χ2n) is 4.02. The molecule has 0 aliphatic rings. The minimum Gasteiger partial charge on any atom is -0.437 e. The molecule has 4 nitrogen and oxygen atoms in total. The molecule has 4 heteroatoms. The number of nitrogens with one attached hydrogen (secondary N) is 1. The number of para-hydroxylation sites is 2. The highest BCUT2D eigenvalue weighted by atomic mass is 16.3. The van der Waals surface area contributed by atoms with Crippen molar-refractivity contribution in [1.82, 2.24) is 10.3 Å². The van der Waals surface area contributed by atoms with Crippen LogP contribution in [0.4, 0.5) is 0 Å². The van der Waals surface area contributed by atoms with Crippen molar-refractivity contribution in [1.29, 1.82) is 0 Å². The largest absolute Gasteiger partial charge is 0.437 e. The Morgan fingerprint density at radius 2 is 2.18 bits per heavy atom. The van der Waals surface area contributed by atoms with E-state index in [9.17, 15) is 4.79 Å². The molecule has 1 aromatic carbocycles. The molecule has 0 atom stereocenters. The molecule has 0 saturated carbocycles. The Balaban J connectivity index is 2.13. The Hall–Kier alpha value is -2.10. The number of oxazole rings is 1. The highest BCUT2D eigenvalue weighted by Crippen LogP contribution is 2.15. The molecule has 1 aromatic heterocycles. The second kappa shape index (κ2) is 4.82. The first-order valence-corrected chi connectivity index (χ1v) is 5.49. The van der Waals surface area contributed by atoms with Crippen molar-refractivity contribution in [2.75, 3.05) is 0 Å². The van der Waals surface area contributed by atoms with E-state index < -0.39 is 0 Å². The normalized spacial score (nSPS) is 11.5. The Morgan fingerprint density at radius 3 is 2.88 bits per heavy atom. The first kappa shape index (κ1) is 11.4. The molecule has 0 saturated heterocycles. The number of carbonyl (C=O) groups excluding carboxylic acids is 1. The average molecular weight is 230 g/mol. The lowest BCUT2D eigenvalue weighted by molar-refractivity contribution is -0.116. The first-order valence-electron chi connectivity index (χ1n) is 5.49. The zero-order valence-corrected chi connectivity index (χ0v) is 9.81. The van der Waals surface area contributed by atoms with E-state index in [1.807, 2.05) is 38.1 Å². The molecule has 0 spiro atoms. The van der Waals surface area contributed by atoms with Gasteiger partial charge in [0, 0.05) is 18.2 Å². The lowest BCUT2D eigenvalue weighted by Gasteiger charge is -2.03. The van der Waals surface area contributed by atoms with Gasteiger partial charge < -0.3 is 9.73 Å². The van der Waals surface area contributed by atoms with Gasteiger partial charge in [-0.2, -0.15) is 0 Å². The summed E-state index contributed by atoms with van der Waals surface area (Å²) in [5, 5.41) is 2.75. The van der Waals surface area contributed by atoms with Crippen LogP contribution in [0.3, 0.4) is 0 Å². The minimum absolute atomic E-state index is 0.121. The maximum Gasteiger partial charge on any atom is 0.244 e. The Bertz CT molecular complexity index is 522. The molecule has 88 valence electrons. The SMILES string of the molecule is CC(C)NC(=O)C=Cc1nc2ccccc2o1. The van der Waals surface area contributed by atoms with Gasteiger partial charge in [0.05, 0.1) is 0 Å². The van der Waals surface area contributed by atoms with E-state index in [2.05, 4.69) is 10.3 Å². The van der Waals surface area contributed by atoms with Crippen LogP contribution in [0.25, 0.3) is 17.2 Å². The fourth-order valence-electron chi connectivity index (χ4n) is 1.44. The summed E-state index contributed by atoms with van der Waals surface area (Å²) in [5.74, 6) is 0.285. The van der Waals surface area contributed by atoms with E-state index in [1.54, 1.807) is 6.08 Å². The van der Waals surface area contributed by atoms with Gasteiger partial charge in [0.25, 0.3) is 0 Å². The van der Waals surface area contributed by atoms with Gasteiger partial charge in [0.1, 0.15) is 5.52 Å². The van der Waals surface area contributed by atoms with E-state index in [0.717, 1.165) is 11.1 Å². The summed E-state index contributed by atoms with van der Waals surface area (Å²) < 4.78 is 5.45. The van der Waals surface area contributed by atoms with Crippen LogP contribution < -0.4 is 5.32 Å². The lowest BCUT2D eigenvalue weighted by Crippen LogP contribution is -2.28. The average Bonchev–Trinajstić information content (AvgIpc) is 2.68. The third-order valence-electron chi connectivity index (χ3n) is 2.12. The number of fused-ring (bicyclic) bond motifs is 1. The second-order valence-corrected chi connectivity index (χ2v) is 4.02. The predicted octanol–water partition coefficient (Wildman–Crippen LogP) is 2.37. The zero-order chi connectivity index (χ0) is 12.3. The molecular weight excluding hydrogens is 216 g/mol. The molecule has 2 aromatic rings. The Morgan fingerprint density at radius 1 is 1.41 bits per heavy atom. The van der Waals surface area contributed by atoms with Crippen molar-refractivity contribution in [2.45, 2.75) is 19.9 Å². The summed E-state index contributed by atoms with van der Waals surface area (Å²) in [5.41, 5.74) is 1.51. The number of carbonyl (C=O) groups is 1. The van der Waals surface area contributed by atoms with Crippen molar-refractivity contribution in [2.24, 2.45) is 0 Å². The van der Waals surface area contributed by atoms with Crippen LogP contribution in [0.5, 0.6) is 0 Å². The van der Waals surface area contributed by atoms with Crippen molar-refractivity contribution in [3.05, 3.63) is 36.2 Å². The van der Waals surface area contributed by atoms with Crippen LogP contribution in [-0.2, 0) is 4.79 Å². The third kappa shape index (κ3) is 2.93. The Labute approximate surface area is 99.3 Å². The fourth-order valence-corrected chi connectivity index (χ4v) is 1.44. The van der Waals surface area contributed by atoms with Crippen molar-refractivity contribution < 1.29 is 9.21 Å². The smallest absolute Gasteiger partial charge is 0.244 e. The van der Waals surface area contributed by atoms with E-state index in [0.29, 0.717) is 5.89 Å². The summed E-state index contributed by atoms with van der Waals surface area (Å²) in [7, 11) is 0. The molecule has 0 radical (unpaired) electrons. The first-order chi connectivity index (χ1) is 8.15. The monoisotopic (exact) mass is 230 g/mol. The van der Waals surface area contributed by atoms with Crippen LogP contribution in [0.1, 0.15) is 19.7 Å². The van der Waals surface area contributed by atoms with Gasteiger partial charge in [-0.15, -0.1) is 0 Å². The standard InChI is InChI=1S/C13H14N2O2/c1-9(2)14-12(16)7-8-13-15-10-5-3-4-6-11(10)17-13/h3-9H,1-2H3,(H,14,16). The van der Waals surface area contributed by atoms with Gasteiger partial charge in [0.2, 0.25) is 11.8 Å². The number of rotatable bonds is 3. The molecule has 1 heterocycles. The van der Waals surface area contributed by atoms with Gasteiger partial charge in [0.15, 0.2) is 5.58 Å². The van der Waals surface area contributed by atoms with Crippen molar-refractivity contribution in [3.8, 4) is 0 Å². The highest BCUT2D eigenvalue weighted by Gasteiger charge is 2.02. The van der Waals surface area contributed by atoms with Gasteiger partial charge in [-0.05, 0) is 26.0 Å². The lowest BCUT2D eigenvalue weighted by atomic mass is 10.3. The summed E-state index contributed by atoms with van der Waals surface area (Å²) >= 11 is 0. The molecule has 0 unspecified atom stereocenters. The van der Waals surface area contributed by atoms with Crippen molar-refractivity contribution in [3.63, 3.8) is 0 Å². The molecule has 0 fully saturated rings.